The van der Waals surface area contributed by atoms with E-state index in [2.05, 4.69) is 0 Å². The molecule has 1 fully saturated rings. The van der Waals surface area contributed by atoms with E-state index >= 15 is 0 Å². The largest absolute Gasteiger partial charge is 0.514 e. The summed E-state index contributed by atoms with van der Waals surface area (Å²) in [7, 11) is 0. The Balaban J connectivity index is 1.84. The highest BCUT2D eigenvalue weighted by Crippen LogP contribution is 2.18. The van der Waals surface area contributed by atoms with Crippen molar-refractivity contribution in [2.75, 3.05) is 20.0 Å². The van der Waals surface area contributed by atoms with Gasteiger partial charge in [-0.2, -0.15) is 0 Å². The van der Waals surface area contributed by atoms with Crippen LogP contribution in [0.2, 0.25) is 0 Å². The number of hydrogen-bond donors (Lipinski definition) is 0. The van der Waals surface area contributed by atoms with Gasteiger partial charge in [-0.25, -0.2) is 4.79 Å². The van der Waals surface area contributed by atoms with Crippen molar-refractivity contribution in [3.05, 3.63) is 34.4 Å². The van der Waals surface area contributed by atoms with Crippen molar-refractivity contribution < 1.29 is 28.7 Å². The molecule has 0 saturated carbocycles. The third-order valence-electron chi connectivity index (χ3n) is 2.80. The molecule has 1 atom stereocenters. The van der Waals surface area contributed by atoms with E-state index in [9.17, 15) is 14.9 Å². The van der Waals surface area contributed by atoms with Crippen LogP contribution in [0, 0.1) is 10.1 Å². The lowest BCUT2D eigenvalue weighted by Crippen LogP contribution is -2.28. The van der Waals surface area contributed by atoms with Gasteiger partial charge in [0.2, 0.25) is 0 Å². The minimum absolute atomic E-state index is 0.0795. The summed E-state index contributed by atoms with van der Waals surface area (Å²) < 4.78 is 20.3. The van der Waals surface area contributed by atoms with E-state index < -0.39 is 11.1 Å². The lowest BCUT2D eigenvalue weighted by Gasteiger charge is -2.20. The SMILES string of the molecule is O=C(Oc1ccc([N+](=O)[O-])cc1)O[C@@H]1CCCOCOC1. The first-order valence-electron chi connectivity index (χ1n) is 6.43. The number of carbonyl (C=O) groups is 1. The van der Waals surface area contributed by atoms with Crippen molar-refractivity contribution in [1.82, 2.24) is 0 Å². The number of non-ortho nitro benzene ring substituents is 1. The molecule has 1 aromatic carbocycles. The Morgan fingerprint density at radius 2 is 2.05 bits per heavy atom. The molecule has 8 nitrogen and oxygen atoms in total. The monoisotopic (exact) mass is 297 g/mol. The maximum atomic E-state index is 11.6. The van der Waals surface area contributed by atoms with E-state index in [0.717, 1.165) is 6.42 Å². The van der Waals surface area contributed by atoms with Gasteiger partial charge in [0.05, 0.1) is 11.5 Å². The maximum Gasteiger partial charge on any atom is 0.514 e. The first kappa shape index (κ1) is 15.2. The second kappa shape index (κ2) is 7.55. The van der Waals surface area contributed by atoms with Gasteiger partial charge in [-0.3, -0.25) is 10.1 Å². The van der Waals surface area contributed by atoms with Crippen LogP contribution in [0.4, 0.5) is 10.5 Å². The van der Waals surface area contributed by atoms with E-state index in [1.165, 1.54) is 24.3 Å². The molecule has 1 heterocycles. The number of nitrogens with zero attached hydrogens (tertiary/aromatic N) is 1. The van der Waals surface area contributed by atoms with Crippen molar-refractivity contribution in [3.63, 3.8) is 0 Å². The Kier molecular flexibility index (Phi) is 5.47. The second-order valence-electron chi connectivity index (χ2n) is 4.38. The minimum Gasteiger partial charge on any atom is -0.428 e. The Bertz CT molecular complexity index is 480. The van der Waals surface area contributed by atoms with E-state index in [-0.39, 0.29) is 30.9 Å². The highest BCUT2D eigenvalue weighted by molar-refractivity contribution is 5.64. The van der Waals surface area contributed by atoms with Crippen LogP contribution in [0.3, 0.4) is 0 Å². The number of benzene rings is 1. The molecule has 0 amide bonds. The van der Waals surface area contributed by atoms with E-state index in [1.54, 1.807) is 0 Å². The molecule has 0 aliphatic carbocycles. The fraction of sp³-hybridized carbons (Fsp3) is 0.462. The summed E-state index contributed by atoms with van der Waals surface area (Å²) in [5.74, 6) is 0.181. The maximum absolute atomic E-state index is 11.6. The predicted octanol–water partition coefficient (Wildman–Crippen LogP) is 2.26. The van der Waals surface area contributed by atoms with Gasteiger partial charge >= 0.3 is 6.16 Å². The van der Waals surface area contributed by atoms with Crippen LogP contribution < -0.4 is 4.74 Å². The molecule has 2 rings (SSSR count). The zero-order valence-electron chi connectivity index (χ0n) is 11.2. The van der Waals surface area contributed by atoms with Crippen LogP contribution in [0.5, 0.6) is 5.75 Å². The van der Waals surface area contributed by atoms with Gasteiger partial charge in [0.15, 0.2) is 0 Å². The standard InChI is InChI=1S/C13H15NO7/c15-13(21-12-2-1-7-18-9-19-8-12)20-11-5-3-10(4-6-11)14(16)17/h3-6,12H,1-2,7-9H2/t12-/m1/s1. The van der Waals surface area contributed by atoms with Gasteiger partial charge in [0, 0.05) is 18.7 Å². The van der Waals surface area contributed by atoms with Crippen LogP contribution in [0.1, 0.15) is 12.8 Å². The summed E-state index contributed by atoms with van der Waals surface area (Å²) >= 11 is 0. The van der Waals surface area contributed by atoms with Crippen LogP contribution in [0.25, 0.3) is 0 Å². The van der Waals surface area contributed by atoms with E-state index in [1.807, 2.05) is 0 Å². The third kappa shape index (κ3) is 5.01. The first-order chi connectivity index (χ1) is 10.1. The van der Waals surface area contributed by atoms with Crippen molar-refractivity contribution in [3.8, 4) is 5.75 Å². The lowest BCUT2D eigenvalue weighted by atomic mass is 10.2. The normalized spacial score (nSPS) is 19.1. The van der Waals surface area contributed by atoms with Crippen LogP contribution in [-0.2, 0) is 14.2 Å². The Hall–Kier alpha value is -2.19. The fourth-order valence-corrected chi connectivity index (χ4v) is 1.78. The van der Waals surface area contributed by atoms with Gasteiger partial charge < -0.3 is 18.9 Å². The Morgan fingerprint density at radius 3 is 2.76 bits per heavy atom. The van der Waals surface area contributed by atoms with Crippen molar-refractivity contribution in [2.24, 2.45) is 0 Å². The average molecular weight is 297 g/mol. The number of nitro groups is 1. The summed E-state index contributed by atoms with van der Waals surface area (Å²) in [5.41, 5.74) is -0.0795. The molecule has 0 unspecified atom stereocenters. The van der Waals surface area contributed by atoms with Crippen LogP contribution in [0.15, 0.2) is 24.3 Å². The molecule has 1 saturated heterocycles. The highest BCUT2D eigenvalue weighted by atomic mass is 16.7. The molecular formula is C13H15NO7. The van der Waals surface area contributed by atoms with Crippen molar-refractivity contribution in [2.45, 2.75) is 18.9 Å². The Labute approximate surface area is 120 Å². The molecular weight excluding hydrogens is 282 g/mol. The molecule has 0 aromatic heterocycles. The molecule has 0 bridgehead atoms. The fourth-order valence-electron chi connectivity index (χ4n) is 1.78. The van der Waals surface area contributed by atoms with Gasteiger partial charge in [0.25, 0.3) is 5.69 Å². The minimum atomic E-state index is -0.862. The lowest BCUT2D eigenvalue weighted by molar-refractivity contribution is -0.384. The zero-order chi connectivity index (χ0) is 15.1. The van der Waals surface area contributed by atoms with Crippen LogP contribution >= 0.6 is 0 Å². The van der Waals surface area contributed by atoms with Crippen molar-refractivity contribution in [1.29, 1.82) is 0 Å². The van der Waals surface area contributed by atoms with Gasteiger partial charge in [-0.1, -0.05) is 0 Å². The molecule has 1 aromatic rings. The number of hydrogen-bond acceptors (Lipinski definition) is 7. The number of ether oxygens (including phenoxy) is 4. The third-order valence-corrected chi connectivity index (χ3v) is 2.80. The molecule has 21 heavy (non-hydrogen) atoms. The van der Waals surface area contributed by atoms with Crippen LogP contribution in [-0.4, -0.2) is 37.2 Å². The Morgan fingerprint density at radius 1 is 1.29 bits per heavy atom. The van der Waals surface area contributed by atoms with Gasteiger partial charge in [0.1, 0.15) is 18.6 Å². The van der Waals surface area contributed by atoms with Crippen molar-refractivity contribution >= 4 is 11.8 Å². The summed E-state index contributed by atoms with van der Waals surface area (Å²) in [6.07, 6.45) is 0.132. The smallest absolute Gasteiger partial charge is 0.428 e. The first-order valence-corrected chi connectivity index (χ1v) is 6.43. The molecule has 0 N–H and O–H groups in total. The molecule has 1 aliphatic rings. The molecule has 0 spiro atoms. The van der Waals surface area contributed by atoms with E-state index in [4.69, 9.17) is 18.9 Å². The highest BCUT2D eigenvalue weighted by Gasteiger charge is 2.18. The topological polar surface area (TPSA) is 97.1 Å². The summed E-state index contributed by atoms with van der Waals surface area (Å²) in [6, 6.07) is 5.17. The number of rotatable bonds is 3. The molecule has 0 radical (unpaired) electrons. The number of carbonyl (C=O) groups excluding carboxylic acids is 1. The molecule has 114 valence electrons. The summed E-state index contributed by atoms with van der Waals surface area (Å²) in [4.78, 5) is 21.6. The zero-order valence-corrected chi connectivity index (χ0v) is 11.2. The summed E-state index contributed by atoms with van der Waals surface area (Å²) in [6.45, 7) is 0.976. The van der Waals surface area contributed by atoms with E-state index in [0.29, 0.717) is 13.0 Å². The quantitative estimate of drug-likeness (QED) is 0.365. The van der Waals surface area contributed by atoms with Gasteiger partial charge in [-0.15, -0.1) is 0 Å². The number of nitro benzene ring substituents is 1. The summed E-state index contributed by atoms with van der Waals surface area (Å²) in [5, 5.41) is 10.5. The predicted molar refractivity (Wildman–Crippen MR) is 70.0 cm³/mol. The molecule has 1 aliphatic heterocycles. The van der Waals surface area contributed by atoms with Gasteiger partial charge in [-0.05, 0) is 25.0 Å². The molecule has 8 heteroatoms. The average Bonchev–Trinajstić information content (AvgIpc) is 2.42. The second-order valence-corrected chi connectivity index (χ2v) is 4.38.